The van der Waals surface area contributed by atoms with Crippen molar-refractivity contribution >= 4 is 21.5 Å². The molecule has 1 aromatic carbocycles. The first-order valence-corrected chi connectivity index (χ1v) is 7.19. The third kappa shape index (κ3) is 2.68. The van der Waals surface area contributed by atoms with Crippen molar-refractivity contribution in [3.8, 4) is 0 Å². The number of nitrogens with one attached hydrogen (secondary N) is 1. The zero-order valence-corrected chi connectivity index (χ0v) is 11.5. The van der Waals surface area contributed by atoms with Crippen LogP contribution < -0.4 is 10.5 Å². The highest BCUT2D eigenvalue weighted by molar-refractivity contribution is 7.92. The van der Waals surface area contributed by atoms with Gasteiger partial charge in [0.25, 0.3) is 10.0 Å². The molecule has 0 atom stereocenters. The minimum Gasteiger partial charge on any atom is -0.398 e. The molecule has 0 saturated heterocycles. The van der Waals surface area contributed by atoms with Crippen LogP contribution in [0, 0.1) is 13.8 Å². The number of benzene rings is 1. The molecule has 100 valence electrons. The molecule has 2 rings (SSSR count). The lowest BCUT2D eigenvalue weighted by atomic mass is 10.1. The third-order valence-corrected chi connectivity index (χ3v) is 4.46. The van der Waals surface area contributed by atoms with Crippen molar-refractivity contribution in [3.05, 3.63) is 47.7 Å². The Balaban J connectivity index is 2.49. The molecule has 2 aromatic rings. The fraction of sp³-hybridized carbons (Fsp3) is 0.154. The maximum atomic E-state index is 12.4. The molecule has 19 heavy (non-hydrogen) atoms. The average Bonchev–Trinajstić information content (AvgIpc) is 2.35. The van der Waals surface area contributed by atoms with E-state index in [0.717, 1.165) is 0 Å². The van der Waals surface area contributed by atoms with E-state index in [1.807, 2.05) is 0 Å². The fourth-order valence-corrected chi connectivity index (χ4v) is 3.38. The number of aromatic nitrogens is 1. The topological polar surface area (TPSA) is 85.1 Å². The second-order valence-electron chi connectivity index (χ2n) is 4.25. The van der Waals surface area contributed by atoms with Crippen molar-refractivity contribution < 1.29 is 8.42 Å². The van der Waals surface area contributed by atoms with Crippen molar-refractivity contribution in [2.45, 2.75) is 18.7 Å². The standard InChI is InChI=1S/C13H15N3O2S/c1-9-6-7-11(14)10(2)13(9)19(17,18)16-12-5-3-4-8-15-12/h3-8H,14H2,1-2H3,(H,15,16). The highest BCUT2D eigenvalue weighted by atomic mass is 32.2. The summed E-state index contributed by atoms with van der Waals surface area (Å²) in [6.45, 7) is 3.43. The summed E-state index contributed by atoms with van der Waals surface area (Å²) in [6.07, 6.45) is 1.52. The molecule has 1 heterocycles. The van der Waals surface area contributed by atoms with Gasteiger partial charge in [0.1, 0.15) is 5.82 Å². The van der Waals surface area contributed by atoms with Crippen LogP contribution in [0.4, 0.5) is 11.5 Å². The lowest BCUT2D eigenvalue weighted by molar-refractivity contribution is 0.600. The number of nitrogen functional groups attached to an aromatic ring is 1. The predicted octanol–water partition coefficient (Wildman–Crippen LogP) is 2.08. The first kappa shape index (κ1) is 13.4. The van der Waals surface area contributed by atoms with Crippen LogP contribution >= 0.6 is 0 Å². The Morgan fingerprint density at radius 2 is 1.89 bits per heavy atom. The molecule has 0 aliphatic carbocycles. The van der Waals surface area contributed by atoms with Crippen molar-refractivity contribution in [2.75, 3.05) is 10.5 Å². The summed E-state index contributed by atoms with van der Waals surface area (Å²) in [6, 6.07) is 8.41. The maximum Gasteiger partial charge on any atom is 0.263 e. The predicted molar refractivity (Wildman–Crippen MR) is 75.4 cm³/mol. The van der Waals surface area contributed by atoms with Gasteiger partial charge in [0, 0.05) is 11.9 Å². The normalized spacial score (nSPS) is 11.3. The van der Waals surface area contributed by atoms with Gasteiger partial charge < -0.3 is 5.73 Å². The van der Waals surface area contributed by atoms with E-state index < -0.39 is 10.0 Å². The second-order valence-corrected chi connectivity index (χ2v) is 5.87. The second kappa shape index (κ2) is 4.89. The van der Waals surface area contributed by atoms with Gasteiger partial charge in [-0.15, -0.1) is 0 Å². The Morgan fingerprint density at radius 3 is 2.53 bits per heavy atom. The molecule has 0 spiro atoms. The van der Waals surface area contributed by atoms with Gasteiger partial charge in [-0.2, -0.15) is 0 Å². The molecular weight excluding hydrogens is 262 g/mol. The largest absolute Gasteiger partial charge is 0.398 e. The fourth-order valence-electron chi connectivity index (χ4n) is 1.87. The van der Waals surface area contributed by atoms with Crippen LogP contribution in [0.15, 0.2) is 41.4 Å². The summed E-state index contributed by atoms with van der Waals surface area (Å²) in [5, 5.41) is 0. The Kier molecular flexibility index (Phi) is 3.44. The molecule has 0 bridgehead atoms. The third-order valence-electron chi connectivity index (χ3n) is 2.82. The average molecular weight is 277 g/mol. The number of sulfonamides is 1. The number of aryl methyl sites for hydroxylation is 1. The summed E-state index contributed by atoms with van der Waals surface area (Å²) in [5.74, 6) is 0.281. The zero-order valence-electron chi connectivity index (χ0n) is 10.7. The van der Waals surface area contributed by atoms with Gasteiger partial charge in [-0.1, -0.05) is 12.1 Å². The molecule has 3 N–H and O–H groups in total. The van der Waals surface area contributed by atoms with Crippen LogP contribution in [0.2, 0.25) is 0 Å². The van der Waals surface area contributed by atoms with Gasteiger partial charge in [-0.25, -0.2) is 13.4 Å². The van der Waals surface area contributed by atoms with Crippen molar-refractivity contribution in [1.29, 1.82) is 0 Å². The van der Waals surface area contributed by atoms with Gasteiger partial charge in [-0.05, 0) is 43.2 Å². The minimum atomic E-state index is -3.69. The van der Waals surface area contributed by atoms with Crippen molar-refractivity contribution in [3.63, 3.8) is 0 Å². The van der Waals surface area contributed by atoms with Crippen LogP contribution in [0.3, 0.4) is 0 Å². The lowest BCUT2D eigenvalue weighted by Gasteiger charge is -2.13. The zero-order chi connectivity index (χ0) is 14.0. The molecule has 0 saturated carbocycles. The van der Waals surface area contributed by atoms with Crippen LogP contribution in [-0.4, -0.2) is 13.4 Å². The van der Waals surface area contributed by atoms with Crippen LogP contribution in [-0.2, 0) is 10.0 Å². The molecule has 0 amide bonds. The highest BCUT2D eigenvalue weighted by Gasteiger charge is 2.21. The van der Waals surface area contributed by atoms with E-state index in [2.05, 4.69) is 9.71 Å². The number of nitrogens with zero attached hydrogens (tertiary/aromatic N) is 1. The summed E-state index contributed by atoms with van der Waals surface area (Å²) < 4.78 is 27.2. The van der Waals surface area contributed by atoms with E-state index in [9.17, 15) is 8.42 Å². The first-order chi connectivity index (χ1) is 8.92. The van der Waals surface area contributed by atoms with Gasteiger partial charge in [0.2, 0.25) is 0 Å². The Bertz CT molecular complexity index is 697. The van der Waals surface area contributed by atoms with E-state index in [1.54, 1.807) is 44.2 Å². The van der Waals surface area contributed by atoms with E-state index in [0.29, 0.717) is 16.8 Å². The summed E-state index contributed by atoms with van der Waals surface area (Å²) in [5.41, 5.74) is 7.42. The molecule has 0 radical (unpaired) electrons. The minimum absolute atomic E-state index is 0.207. The van der Waals surface area contributed by atoms with Crippen molar-refractivity contribution in [2.24, 2.45) is 0 Å². The Morgan fingerprint density at radius 1 is 1.16 bits per heavy atom. The van der Waals surface area contributed by atoms with Gasteiger partial charge in [-0.3, -0.25) is 4.72 Å². The molecule has 5 nitrogen and oxygen atoms in total. The maximum absolute atomic E-state index is 12.4. The smallest absolute Gasteiger partial charge is 0.263 e. The first-order valence-electron chi connectivity index (χ1n) is 5.71. The molecule has 1 aromatic heterocycles. The number of rotatable bonds is 3. The molecule has 0 aliphatic heterocycles. The SMILES string of the molecule is Cc1ccc(N)c(C)c1S(=O)(=O)Nc1ccccn1. The molecule has 0 aliphatic rings. The molecule has 6 heteroatoms. The van der Waals surface area contributed by atoms with Gasteiger partial charge >= 0.3 is 0 Å². The van der Waals surface area contributed by atoms with E-state index >= 15 is 0 Å². The summed E-state index contributed by atoms with van der Waals surface area (Å²) in [7, 11) is -3.69. The number of pyridine rings is 1. The summed E-state index contributed by atoms with van der Waals surface area (Å²) >= 11 is 0. The quantitative estimate of drug-likeness (QED) is 0.841. The van der Waals surface area contributed by atoms with Crippen molar-refractivity contribution in [1.82, 2.24) is 4.98 Å². The van der Waals surface area contributed by atoms with E-state index in [1.165, 1.54) is 6.20 Å². The van der Waals surface area contributed by atoms with Crippen LogP contribution in [0.5, 0.6) is 0 Å². The number of hydrogen-bond acceptors (Lipinski definition) is 4. The van der Waals surface area contributed by atoms with Crippen LogP contribution in [0.25, 0.3) is 0 Å². The monoisotopic (exact) mass is 277 g/mol. The summed E-state index contributed by atoms with van der Waals surface area (Å²) in [4.78, 5) is 4.16. The highest BCUT2D eigenvalue weighted by Crippen LogP contribution is 2.26. The van der Waals surface area contributed by atoms with E-state index in [4.69, 9.17) is 5.73 Å². The van der Waals surface area contributed by atoms with Crippen LogP contribution in [0.1, 0.15) is 11.1 Å². The molecular formula is C13H15N3O2S. The van der Waals surface area contributed by atoms with Gasteiger partial charge in [0.05, 0.1) is 4.90 Å². The lowest BCUT2D eigenvalue weighted by Crippen LogP contribution is -2.17. The number of anilines is 2. The number of nitrogens with two attached hydrogens (primary N) is 1. The number of hydrogen-bond donors (Lipinski definition) is 2. The van der Waals surface area contributed by atoms with E-state index in [-0.39, 0.29) is 10.7 Å². The molecule has 0 fully saturated rings. The van der Waals surface area contributed by atoms with Gasteiger partial charge in [0.15, 0.2) is 0 Å². The Labute approximate surface area is 112 Å². The Hall–Kier alpha value is -2.08. The molecule has 0 unspecified atom stereocenters.